The predicted octanol–water partition coefficient (Wildman–Crippen LogP) is 1.47. The van der Waals surface area contributed by atoms with Crippen molar-refractivity contribution in [3.05, 3.63) is 0 Å². The van der Waals surface area contributed by atoms with Crippen LogP contribution >= 0.6 is 0 Å². The van der Waals surface area contributed by atoms with Crippen LogP contribution in [0.4, 0.5) is 0 Å². The van der Waals surface area contributed by atoms with Gasteiger partial charge in [-0.2, -0.15) is 0 Å². The summed E-state index contributed by atoms with van der Waals surface area (Å²) in [5.74, 6) is -4.71. The fourth-order valence-electron chi connectivity index (χ4n) is 11.2. The highest BCUT2D eigenvalue weighted by atomic mass is 16.4. The zero-order valence-electron chi connectivity index (χ0n) is 18.8. The Kier molecular flexibility index (Phi) is 3.68. The summed E-state index contributed by atoms with van der Waals surface area (Å²) in [6, 6.07) is 0. The van der Waals surface area contributed by atoms with E-state index in [2.05, 4.69) is 0 Å². The molecule has 0 radical (unpaired) electrons. The minimum absolute atomic E-state index is 0.0636. The molecule has 0 amide bonds. The Morgan fingerprint density at radius 2 is 0.618 bits per heavy atom. The van der Waals surface area contributed by atoms with Gasteiger partial charge in [-0.05, 0) is 87.9 Å². The van der Waals surface area contributed by atoms with E-state index in [1.165, 1.54) is 0 Å². The SMILES string of the molecule is O=C(O)C12CC3(O)CC(C(=O)O)(C1)CC(C14CC5(O)CC(C(=O)O)(CC(C(=O)O)(C5)C1)C4)(C3)C2. The fourth-order valence-corrected chi connectivity index (χ4v) is 11.2. The minimum atomic E-state index is -1.55. The van der Waals surface area contributed by atoms with Crippen molar-refractivity contribution in [3.63, 3.8) is 0 Å². The lowest BCUT2D eigenvalue weighted by molar-refractivity contribution is -0.317. The summed E-state index contributed by atoms with van der Waals surface area (Å²) in [4.78, 5) is 50.4. The molecule has 0 aliphatic heterocycles. The maximum absolute atomic E-state index is 12.6. The van der Waals surface area contributed by atoms with E-state index in [-0.39, 0.29) is 77.0 Å². The first-order valence-electron chi connectivity index (χ1n) is 11.9. The van der Waals surface area contributed by atoms with Crippen molar-refractivity contribution in [2.45, 2.75) is 88.3 Å². The molecule has 4 atom stereocenters. The van der Waals surface area contributed by atoms with Gasteiger partial charge in [0.25, 0.3) is 0 Å². The second kappa shape index (κ2) is 5.61. The number of carbonyl (C=O) groups is 4. The van der Waals surface area contributed by atoms with E-state index in [1.807, 2.05) is 0 Å². The molecule has 0 saturated heterocycles. The van der Waals surface area contributed by atoms with Gasteiger partial charge in [-0.3, -0.25) is 19.2 Å². The predicted molar refractivity (Wildman–Crippen MR) is 110 cm³/mol. The number of rotatable bonds is 5. The third kappa shape index (κ3) is 2.34. The van der Waals surface area contributed by atoms with Crippen molar-refractivity contribution in [1.82, 2.24) is 0 Å². The molecular weight excluding hydrogens is 448 g/mol. The number of hydrogen-bond donors (Lipinski definition) is 6. The van der Waals surface area contributed by atoms with Crippen LogP contribution in [0.5, 0.6) is 0 Å². The summed E-state index contributed by atoms with van der Waals surface area (Å²) in [5, 5.41) is 64.3. The molecule has 8 aliphatic carbocycles. The lowest BCUT2D eigenvalue weighted by Crippen LogP contribution is -2.76. The van der Waals surface area contributed by atoms with E-state index in [9.17, 15) is 49.8 Å². The molecule has 0 spiro atoms. The molecular formula is C24H30O10. The third-order valence-corrected chi connectivity index (χ3v) is 11.0. The van der Waals surface area contributed by atoms with Crippen molar-refractivity contribution in [3.8, 4) is 0 Å². The van der Waals surface area contributed by atoms with Crippen LogP contribution < -0.4 is 0 Å². The third-order valence-electron chi connectivity index (χ3n) is 11.0. The van der Waals surface area contributed by atoms with Gasteiger partial charge in [-0.25, -0.2) is 0 Å². The summed E-state index contributed by atoms with van der Waals surface area (Å²) < 4.78 is 0. The van der Waals surface area contributed by atoms with Crippen LogP contribution in [0.15, 0.2) is 0 Å². The first-order valence-corrected chi connectivity index (χ1v) is 11.9. The molecule has 6 N–H and O–H groups in total. The monoisotopic (exact) mass is 478 g/mol. The van der Waals surface area contributed by atoms with Crippen LogP contribution in [0.2, 0.25) is 0 Å². The summed E-state index contributed by atoms with van der Waals surface area (Å²) in [6.07, 6.45) is -0.0312. The van der Waals surface area contributed by atoms with Gasteiger partial charge in [0, 0.05) is 0 Å². The zero-order valence-corrected chi connectivity index (χ0v) is 18.8. The quantitative estimate of drug-likeness (QED) is 0.337. The van der Waals surface area contributed by atoms with E-state index in [4.69, 9.17) is 0 Å². The molecule has 0 aromatic rings. The lowest BCUT2D eigenvalue weighted by Gasteiger charge is -2.77. The van der Waals surface area contributed by atoms with E-state index in [0.717, 1.165) is 0 Å². The van der Waals surface area contributed by atoms with E-state index < -0.39 is 67.6 Å². The summed E-state index contributed by atoms with van der Waals surface area (Å²) in [6.45, 7) is 0. The molecule has 0 aromatic heterocycles. The molecule has 10 nitrogen and oxygen atoms in total. The van der Waals surface area contributed by atoms with Crippen LogP contribution in [0.1, 0.15) is 77.0 Å². The Labute approximate surface area is 195 Å². The minimum Gasteiger partial charge on any atom is -0.481 e. The molecule has 4 unspecified atom stereocenters. The van der Waals surface area contributed by atoms with Gasteiger partial charge in [-0.1, -0.05) is 0 Å². The van der Waals surface area contributed by atoms with Crippen LogP contribution in [0.25, 0.3) is 0 Å². The Bertz CT molecular complexity index is 932. The summed E-state index contributed by atoms with van der Waals surface area (Å²) in [5.41, 5.74) is -11.2. The smallest absolute Gasteiger partial charge is 0.309 e. The highest BCUT2D eigenvalue weighted by molar-refractivity contribution is 5.83. The largest absolute Gasteiger partial charge is 0.481 e. The van der Waals surface area contributed by atoms with Gasteiger partial charge in [0.15, 0.2) is 0 Å². The van der Waals surface area contributed by atoms with Crippen LogP contribution in [0.3, 0.4) is 0 Å². The lowest BCUT2D eigenvalue weighted by atomic mass is 9.27. The maximum Gasteiger partial charge on any atom is 0.309 e. The zero-order chi connectivity index (χ0) is 24.8. The number of hydrogen-bond acceptors (Lipinski definition) is 6. The van der Waals surface area contributed by atoms with Crippen LogP contribution in [-0.4, -0.2) is 65.7 Å². The standard InChI is InChI=1S/C24H30O10/c25-13(26)17-1-18(14(27)28)4-21(3-17,11-23(33,7-17)8-18)22-5-19(15(29)30)2-20(6-22,16(31)32)10-24(34,9-19)12-22/h33-34H,1-12H2,(H,25,26)(H,27,28)(H,29,30)(H,31,32). The molecule has 8 fully saturated rings. The van der Waals surface area contributed by atoms with Gasteiger partial charge in [0.2, 0.25) is 0 Å². The van der Waals surface area contributed by atoms with Crippen LogP contribution in [-0.2, 0) is 19.2 Å². The average Bonchev–Trinajstić information content (AvgIpc) is 2.63. The van der Waals surface area contributed by atoms with Crippen molar-refractivity contribution < 1.29 is 49.8 Å². The summed E-state index contributed by atoms with van der Waals surface area (Å²) >= 11 is 0. The first-order chi connectivity index (χ1) is 15.5. The summed E-state index contributed by atoms with van der Waals surface area (Å²) in [7, 11) is 0. The second-order valence-electron chi connectivity index (χ2n) is 13.5. The highest BCUT2D eigenvalue weighted by Crippen LogP contribution is 2.83. The van der Waals surface area contributed by atoms with Crippen molar-refractivity contribution in [2.75, 3.05) is 0 Å². The molecule has 8 rings (SSSR count). The van der Waals surface area contributed by atoms with E-state index in [1.54, 1.807) is 0 Å². The molecule has 0 heterocycles. The first kappa shape index (κ1) is 22.3. The Hall–Kier alpha value is -2.20. The fraction of sp³-hybridized carbons (Fsp3) is 0.833. The highest BCUT2D eigenvalue weighted by Gasteiger charge is 2.82. The van der Waals surface area contributed by atoms with E-state index >= 15 is 0 Å². The molecule has 8 saturated carbocycles. The van der Waals surface area contributed by atoms with Gasteiger partial charge in [-0.15, -0.1) is 0 Å². The number of aliphatic carboxylic acids is 4. The number of carboxylic acids is 4. The number of carboxylic acid groups (broad SMARTS) is 4. The van der Waals surface area contributed by atoms with E-state index in [0.29, 0.717) is 0 Å². The Morgan fingerprint density at radius 1 is 0.382 bits per heavy atom. The van der Waals surface area contributed by atoms with Gasteiger partial charge in [0.1, 0.15) is 0 Å². The number of aliphatic hydroxyl groups is 2. The molecule has 186 valence electrons. The van der Waals surface area contributed by atoms with Crippen molar-refractivity contribution in [1.29, 1.82) is 0 Å². The second-order valence-corrected chi connectivity index (χ2v) is 13.5. The molecule has 0 aromatic carbocycles. The van der Waals surface area contributed by atoms with Crippen LogP contribution in [0, 0.1) is 32.5 Å². The van der Waals surface area contributed by atoms with Crippen molar-refractivity contribution >= 4 is 23.9 Å². The maximum atomic E-state index is 12.6. The Balaban J connectivity index is 1.59. The van der Waals surface area contributed by atoms with Gasteiger partial charge in [0.05, 0.1) is 32.9 Å². The van der Waals surface area contributed by atoms with Crippen molar-refractivity contribution in [2.24, 2.45) is 32.5 Å². The van der Waals surface area contributed by atoms with Gasteiger partial charge >= 0.3 is 23.9 Å². The molecule has 34 heavy (non-hydrogen) atoms. The molecule has 10 heteroatoms. The Morgan fingerprint density at radius 3 is 0.824 bits per heavy atom. The topological polar surface area (TPSA) is 190 Å². The normalized spacial score (nSPS) is 56.4. The molecule has 8 aliphatic rings. The molecule has 8 bridgehead atoms. The average molecular weight is 478 g/mol. The van der Waals surface area contributed by atoms with Gasteiger partial charge < -0.3 is 30.6 Å².